The van der Waals surface area contributed by atoms with Crippen molar-refractivity contribution < 1.29 is 19.0 Å². The van der Waals surface area contributed by atoms with Gasteiger partial charge in [-0.1, -0.05) is 0 Å². The fraction of sp³-hybridized carbons (Fsp3) is 0.407. The van der Waals surface area contributed by atoms with Gasteiger partial charge < -0.3 is 34.6 Å². The number of nitrogens with one attached hydrogen (secondary N) is 2. The van der Waals surface area contributed by atoms with E-state index in [9.17, 15) is 4.79 Å². The van der Waals surface area contributed by atoms with E-state index < -0.39 is 0 Å². The number of rotatable bonds is 7. The van der Waals surface area contributed by atoms with Gasteiger partial charge in [0, 0.05) is 62.7 Å². The van der Waals surface area contributed by atoms with Gasteiger partial charge in [0.05, 0.1) is 26.4 Å². The minimum atomic E-state index is -0.322. The van der Waals surface area contributed by atoms with Gasteiger partial charge in [0.1, 0.15) is 6.10 Å². The van der Waals surface area contributed by atoms with Crippen LogP contribution in [0, 0.1) is 0 Å². The molecule has 200 valence electrons. The Kier molecular flexibility index (Phi) is 8.15. The van der Waals surface area contributed by atoms with Gasteiger partial charge in [-0.3, -0.25) is 0 Å². The first kappa shape index (κ1) is 25.7. The van der Waals surface area contributed by atoms with Crippen LogP contribution in [0.25, 0.3) is 11.4 Å². The van der Waals surface area contributed by atoms with E-state index in [2.05, 4.69) is 25.5 Å². The van der Waals surface area contributed by atoms with Crippen LogP contribution in [0.15, 0.2) is 48.5 Å². The van der Waals surface area contributed by atoms with E-state index in [1.54, 1.807) is 0 Å². The number of urea groups is 1. The van der Waals surface area contributed by atoms with Crippen molar-refractivity contribution >= 4 is 29.0 Å². The number of anilines is 4. The van der Waals surface area contributed by atoms with Gasteiger partial charge in [-0.15, -0.1) is 0 Å². The van der Waals surface area contributed by atoms with Crippen molar-refractivity contribution in [2.24, 2.45) is 0 Å². The molecule has 0 saturated carbocycles. The highest BCUT2D eigenvalue weighted by molar-refractivity contribution is 5.99. The lowest BCUT2D eigenvalue weighted by molar-refractivity contribution is 0.0217. The van der Waals surface area contributed by atoms with Crippen LogP contribution < -0.4 is 25.2 Å². The first-order valence-electron chi connectivity index (χ1n) is 12.8. The number of hydrogen-bond donors (Lipinski definition) is 2. The lowest BCUT2D eigenvalue weighted by Crippen LogP contribution is -2.37. The summed E-state index contributed by atoms with van der Waals surface area (Å²) in [6.45, 7) is 4.00. The number of aromatic nitrogens is 3. The Morgan fingerprint density at radius 3 is 2.11 bits per heavy atom. The van der Waals surface area contributed by atoms with Crippen molar-refractivity contribution in [2.45, 2.75) is 18.9 Å². The molecule has 2 aliphatic rings. The Morgan fingerprint density at radius 1 is 0.868 bits per heavy atom. The van der Waals surface area contributed by atoms with E-state index in [1.165, 1.54) is 0 Å². The van der Waals surface area contributed by atoms with E-state index in [4.69, 9.17) is 19.2 Å². The summed E-state index contributed by atoms with van der Waals surface area (Å²) in [7, 11) is 3.94. The lowest BCUT2D eigenvalue weighted by atomic mass is 10.2. The minimum absolute atomic E-state index is 0.0145. The standard InChI is InChI=1S/C27H33N7O4/c1-33(2)22-9-7-21(8-10-22)29-26(35)28-20-5-3-19(4-6-20)24-30-25(34-13-17-37-18-14-34)32-27(31-24)38-23-11-15-36-16-12-23/h3-10,23H,11-18H2,1-2H3,(H2,28,29,35). The van der Waals surface area contributed by atoms with Crippen LogP contribution in [-0.4, -0.2) is 80.7 Å². The summed E-state index contributed by atoms with van der Waals surface area (Å²) in [6.07, 6.45) is 1.62. The maximum atomic E-state index is 12.5. The molecule has 11 heteroatoms. The lowest BCUT2D eigenvalue weighted by Gasteiger charge is -2.27. The Labute approximate surface area is 222 Å². The summed E-state index contributed by atoms with van der Waals surface area (Å²) >= 11 is 0. The summed E-state index contributed by atoms with van der Waals surface area (Å²) in [5, 5.41) is 5.71. The molecule has 3 heterocycles. The number of benzene rings is 2. The molecule has 3 aromatic rings. The first-order valence-corrected chi connectivity index (χ1v) is 12.8. The third-order valence-corrected chi connectivity index (χ3v) is 6.38. The Bertz CT molecular complexity index is 1210. The van der Waals surface area contributed by atoms with E-state index in [0.29, 0.717) is 68.7 Å². The van der Waals surface area contributed by atoms with Crippen LogP contribution in [0.2, 0.25) is 0 Å². The number of morpholine rings is 1. The predicted molar refractivity (Wildman–Crippen MR) is 146 cm³/mol. The molecule has 2 fully saturated rings. The maximum Gasteiger partial charge on any atom is 0.323 e. The van der Waals surface area contributed by atoms with Crippen LogP contribution in [0.3, 0.4) is 0 Å². The van der Waals surface area contributed by atoms with Crippen LogP contribution in [0.1, 0.15) is 12.8 Å². The van der Waals surface area contributed by atoms with E-state index in [0.717, 1.165) is 24.1 Å². The van der Waals surface area contributed by atoms with Crippen molar-refractivity contribution in [1.29, 1.82) is 0 Å². The molecule has 11 nitrogen and oxygen atoms in total. The molecule has 2 aromatic carbocycles. The molecule has 0 aliphatic carbocycles. The monoisotopic (exact) mass is 519 g/mol. The molecule has 0 unspecified atom stereocenters. The molecule has 2 N–H and O–H groups in total. The van der Waals surface area contributed by atoms with Gasteiger partial charge in [0.2, 0.25) is 5.95 Å². The SMILES string of the molecule is CN(C)c1ccc(NC(=O)Nc2ccc(-c3nc(OC4CCOCC4)nc(N4CCOCC4)n3)cc2)cc1. The molecule has 0 atom stereocenters. The van der Waals surface area contributed by atoms with Crippen molar-refractivity contribution in [2.75, 3.05) is 74.0 Å². The average Bonchev–Trinajstić information content (AvgIpc) is 2.94. The third kappa shape index (κ3) is 6.67. The second-order valence-electron chi connectivity index (χ2n) is 9.37. The van der Waals surface area contributed by atoms with Crippen LogP contribution in [0.4, 0.5) is 27.8 Å². The molecule has 0 bridgehead atoms. The Morgan fingerprint density at radius 2 is 1.47 bits per heavy atom. The van der Waals surface area contributed by atoms with Gasteiger partial charge in [0.25, 0.3) is 0 Å². The van der Waals surface area contributed by atoms with Crippen molar-refractivity contribution in [1.82, 2.24) is 15.0 Å². The van der Waals surface area contributed by atoms with Gasteiger partial charge >= 0.3 is 12.0 Å². The van der Waals surface area contributed by atoms with Crippen LogP contribution in [-0.2, 0) is 9.47 Å². The Balaban J connectivity index is 1.29. The van der Waals surface area contributed by atoms with Crippen molar-refractivity contribution in [3.05, 3.63) is 48.5 Å². The predicted octanol–water partition coefficient (Wildman–Crippen LogP) is 3.64. The molecule has 2 saturated heterocycles. The first-order chi connectivity index (χ1) is 18.5. The summed E-state index contributed by atoms with van der Waals surface area (Å²) < 4.78 is 17.1. The largest absolute Gasteiger partial charge is 0.460 e. The number of nitrogens with zero attached hydrogens (tertiary/aromatic N) is 5. The molecular formula is C27H33N7O4. The zero-order chi connectivity index (χ0) is 26.3. The second-order valence-corrected chi connectivity index (χ2v) is 9.37. The topological polar surface area (TPSA) is 114 Å². The molecule has 1 aromatic heterocycles. The highest BCUT2D eigenvalue weighted by Crippen LogP contribution is 2.25. The number of carbonyl (C=O) groups is 1. The van der Waals surface area contributed by atoms with Gasteiger partial charge in [-0.05, 0) is 48.5 Å². The van der Waals surface area contributed by atoms with Crippen molar-refractivity contribution in [3.8, 4) is 17.4 Å². The van der Waals surface area contributed by atoms with E-state index in [1.807, 2.05) is 67.5 Å². The summed E-state index contributed by atoms with van der Waals surface area (Å²) in [5.74, 6) is 1.09. The second kappa shape index (κ2) is 12.1. The van der Waals surface area contributed by atoms with Crippen molar-refractivity contribution in [3.63, 3.8) is 0 Å². The molecule has 0 radical (unpaired) electrons. The molecule has 2 aliphatic heterocycles. The fourth-order valence-electron chi connectivity index (χ4n) is 4.21. The quantitative estimate of drug-likeness (QED) is 0.483. The number of ether oxygens (including phenoxy) is 3. The molecule has 0 spiro atoms. The smallest absolute Gasteiger partial charge is 0.323 e. The highest BCUT2D eigenvalue weighted by Gasteiger charge is 2.21. The minimum Gasteiger partial charge on any atom is -0.460 e. The summed E-state index contributed by atoms with van der Waals surface area (Å²) in [4.78, 5) is 30.5. The normalized spacial score (nSPS) is 16.1. The summed E-state index contributed by atoms with van der Waals surface area (Å²) in [6, 6.07) is 15.0. The highest BCUT2D eigenvalue weighted by atomic mass is 16.5. The Hall–Kier alpha value is -3.96. The zero-order valence-electron chi connectivity index (χ0n) is 21.7. The molecule has 5 rings (SSSR count). The van der Waals surface area contributed by atoms with Gasteiger partial charge in [-0.2, -0.15) is 15.0 Å². The molecule has 2 amide bonds. The third-order valence-electron chi connectivity index (χ3n) is 6.38. The zero-order valence-corrected chi connectivity index (χ0v) is 21.7. The van der Waals surface area contributed by atoms with Gasteiger partial charge in [-0.25, -0.2) is 4.79 Å². The van der Waals surface area contributed by atoms with Crippen LogP contribution >= 0.6 is 0 Å². The number of carbonyl (C=O) groups excluding carboxylic acids is 1. The molecule has 38 heavy (non-hydrogen) atoms. The van der Waals surface area contributed by atoms with E-state index in [-0.39, 0.29) is 12.1 Å². The molecular weight excluding hydrogens is 486 g/mol. The van der Waals surface area contributed by atoms with E-state index >= 15 is 0 Å². The van der Waals surface area contributed by atoms with Crippen LogP contribution in [0.5, 0.6) is 6.01 Å². The fourth-order valence-corrected chi connectivity index (χ4v) is 4.21. The maximum absolute atomic E-state index is 12.5. The van der Waals surface area contributed by atoms with Gasteiger partial charge in [0.15, 0.2) is 5.82 Å². The number of hydrogen-bond acceptors (Lipinski definition) is 9. The number of amides is 2. The summed E-state index contributed by atoms with van der Waals surface area (Å²) in [5.41, 5.74) is 3.21. The average molecular weight is 520 g/mol.